The Labute approximate surface area is 185 Å². The van der Waals surface area contributed by atoms with Gasteiger partial charge in [0.1, 0.15) is 0 Å². The second-order valence-electron chi connectivity index (χ2n) is 8.85. The number of hydrogen-bond donors (Lipinski definition) is 2. The minimum atomic E-state index is -0.168. The molecule has 1 aromatic rings. The van der Waals surface area contributed by atoms with E-state index in [0.717, 1.165) is 70.4 Å². The van der Waals surface area contributed by atoms with E-state index in [1.165, 1.54) is 0 Å². The Hall–Kier alpha value is -1.87. The summed E-state index contributed by atoms with van der Waals surface area (Å²) in [6, 6.07) is 8.10. The first-order valence-electron chi connectivity index (χ1n) is 11.5. The first-order valence-corrected chi connectivity index (χ1v) is 11.5. The molecule has 0 aliphatic carbocycles. The van der Waals surface area contributed by atoms with Crippen LogP contribution in [-0.2, 0) is 14.2 Å². The van der Waals surface area contributed by atoms with E-state index >= 15 is 0 Å². The maximum Gasteiger partial charge on any atom is 0.319 e. The fraction of sp³-hybridized carbons (Fsp3) is 0.696. The van der Waals surface area contributed by atoms with E-state index in [9.17, 15) is 4.79 Å². The van der Waals surface area contributed by atoms with Gasteiger partial charge in [-0.25, -0.2) is 4.79 Å². The highest BCUT2D eigenvalue weighted by Crippen LogP contribution is 2.28. The summed E-state index contributed by atoms with van der Waals surface area (Å²) in [5, 5.41) is 6.20. The monoisotopic (exact) mass is 432 g/mol. The largest absolute Gasteiger partial charge is 0.381 e. The highest BCUT2D eigenvalue weighted by Gasteiger charge is 2.32. The second-order valence-corrected chi connectivity index (χ2v) is 8.85. The Balaban J connectivity index is 1.38. The van der Waals surface area contributed by atoms with Gasteiger partial charge in [0, 0.05) is 51.3 Å². The molecule has 2 amide bonds. The third kappa shape index (κ3) is 5.88. The van der Waals surface area contributed by atoms with Crippen molar-refractivity contribution in [2.75, 3.05) is 69.4 Å². The van der Waals surface area contributed by atoms with Gasteiger partial charge in [-0.2, -0.15) is 0 Å². The molecule has 3 saturated heterocycles. The molecule has 172 valence electrons. The summed E-state index contributed by atoms with van der Waals surface area (Å²) in [6.07, 6.45) is 1.36. The number of benzene rings is 1. The molecule has 8 nitrogen and oxygen atoms in total. The van der Waals surface area contributed by atoms with Gasteiger partial charge >= 0.3 is 6.03 Å². The Kier molecular flexibility index (Phi) is 7.66. The molecule has 3 heterocycles. The zero-order valence-corrected chi connectivity index (χ0v) is 18.7. The summed E-state index contributed by atoms with van der Waals surface area (Å²) in [5.74, 6) is 0.446. The smallest absolute Gasteiger partial charge is 0.319 e. The van der Waals surface area contributed by atoms with Crippen LogP contribution in [0.4, 0.5) is 16.2 Å². The SMILES string of the molecule is C[C@@H]1CN(c2ccccc2NC(=O)NC[C@H]([C@@H]2CCOC2)N2CCOCC2)C[C@H](C)O1. The van der Waals surface area contributed by atoms with Crippen molar-refractivity contribution >= 4 is 17.4 Å². The lowest BCUT2D eigenvalue weighted by Crippen LogP contribution is -2.52. The van der Waals surface area contributed by atoms with Gasteiger partial charge in [-0.3, -0.25) is 4.90 Å². The molecule has 2 N–H and O–H groups in total. The van der Waals surface area contributed by atoms with Crippen LogP contribution in [0, 0.1) is 5.92 Å². The van der Waals surface area contributed by atoms with Gasteiger partial charge in [0.2, 0.25) is 0 Å². The number of hydrogen-bond acceptors (Lipinski definition) is 6. The summed E-state index contributed by atoms with van der Waals surface area (Å²) >= 11 is 0. The highest BCUT2D eigenvalue weighted by atomic mass is 16.5. The van der Waals surface area contributed by atoms with Crippen molar-refractivity contribution in [3.05, 3.63) is 24.3 Å². The quantitative estimate of drug-likeness (QED) is 0.718. The molecule has 0 aromatic heterocycles. The van der Waals surface area contributed by atoms with Crippen LogP contribution in [0.3, 0.4) is 0 Å². The van der Waals surface area contributed by atoms with Gasteiger partial charge in [0.25, 0.3) is 0 Å². The van der Waals surface area contributed by atoms with Crippen LogP contribution in [-0.4, -0.2) is 88.3 Å². The van der Waals surface area contributed by atoms with Gasteiger partial charge < -0.3 is 29.7 Å². The number of anilines is 2. The Morgan fingerprint density at radius 1 is 1.10 bits per heavy atom. The highest BCUT2D eigenvalue weighted by molar-refractivity contribution is 5.93. The van der Waals surface area contributed by atoms with E-state index in [1.807, 2.05) is 18.2 Å². The van der Waals surface area contributed by atoms with Crippen LogP contribution in [0.15, 0.2) is 24.3 Å². The summed E-state index contributed by atoms with van der Waals surface area (Å²) < 4.78 is 17.0. The number of morpholine rings is 2. The third-order valence-electron chi connectivity index (χ3n) is 6.41. The van der Waals surface area contributed by atoms with E-state index in [4.69, 9.17) is 14.2 Å². The number of carbonyl (C=O) groups excluding carboxylic acids is 1. The van der Waals surface area contributed by atoms with Crippen molar-refractivity contribution in [3.63, 3.8) is 0 Å². The molecule has 0 bridgehead atoms. The van der Waals surface area contributed by atoms with Gasteiger partial charge in [0.05, 0.1) is 43.4 Å². The lowest BCUT2D eigenvalue weighted by Gasteiger charge is -2.38. The number of nitrogens with one attached hydrogen (secondary N) is 2. The summed E-state index contributed by atoms with van der Waals surface area (Å²) in [6.45, 7) is 11.3. The van der Waals surface area contributed by atoms with Crippen LogP contribution in [0.5, 0.6) is 0 Å². The van der Waals surface area contributed by atoms with E-state index < -0.39 is 0 Å². The topological polar surface area (TPSA) is 75.3 Å². The number of carbonyl (C=O) groups is 1. The van der Waals surface area contributed by atoms with E-state index in [-0.39, 0.29) is 24.3 Å². The fourth-order valence-corrected chi connectivity index (χ4v) is 4.95. The van der Waals surface area contributed by atoms with Crippen LogP contribution in [0.2, 0.25) is 0 Å². The summed E-state index contributed by atoms with van der Waals surface area (Å²) in [5.41, 5.74) is 1.86. The van der Waals surface area contributed by atoms with Crippen molar-refractivity contribution in [2.45, 2.75) is 38.5 Å². The average Bonchev–Trinajstić information content (AvgIpc) is 3.29. The lowest BCUT2D eigenvalue weighted by molar-refractivity contribution is -0.00517. The Morgan fingerprint density at radius 2 is 1.84 bits per heavy atom. The molecule has 0 unspecified atom stereocenters. The van der Waals surface area contributed by atoms with Gasteiger partial charge in [-0.15, -0.1) is 0 Å². The lowest BCUT2D eigenvalue weighted by atomic mass is 9.97. The Bertz CT molecular complexity index is 711. The molecule has 3 fully saturated rings. The zero-order valence-electron chi connectivity index (χ0n) is 18.7. The summed E-state index contributed by atoms with van der Waals surface area (Å²) in [7, 11) is 0. The molecule has 0 radical (unpaired) electrons. The van der Waals surface area contributed by atoms with Crippen LogP contribution in [0.25, 0.3) is 0 Å². The number of urea groups is 1. The van der Waals surface area contributed by atoms with Crippen LogP contribution < -0.4 is 15.5 Å². The number of rotatable bonds is 6. The number of ether oxygens (including phenoxy) is 3. The minimum Gasteiger partial charge on any atom is -0.381 e. The van der Waals surface area contributed by atoms with E-state index in [1.54, 1.807) is 0 Å². The molecule has 31 heavy (non-hydrogen) atoms. The maximum atomic E-state index is 12.8. The first kappa shape index (κ1) is 22.3. The number of para-hydroxylation sites is 2. The Morgan fingerprint density at radius 3 is 2.55 bits per heavy atom. The third-order valence-corrected chi connectivity index (χ3v) is 6.41. The zero-order chi connectivity index (χ0) is 21.6. The van der Waals surface area contributed by atoms with E-state index in [2.05, 4.69) is 40.3 Å². The van der Waals surface area contributed by atoms with E-state index in [0.29, 0.717) is 12.5 Å². The predicted octanol–water partition coefficient (Wildman–Crippen LogP) is 2.16. The molecular formula is C23H36N4O4. The molecule has 4 atom stereocenters. The minimum absolute atomic E-state index is 0.161. The van der Waals surface area contributed by atoms with Crippen molar-refractivity contribution in [2.24, 2.45) is 5.92 Å². The van der Waals surface area contributed by atoms with Gasteiger partial charge in [0.15, 0.2) is 0 Å². The number of nitrogens with zero attached hydrogens (tertiary/aromatic N) is 2. The summed E-state index contributed by atoms with van der Waals surface area (Å²) in [4.78, 5) is 17.6. The second kappa shape index (κ2) is 10.6. The molecule has 3 aliphatic heterocycles. The molecule has 1 aromatic carbocycles. The van der Waals surface area contributed by atoms with Crippen molar-refractivity contribution in [1.29, 1.82) is 0 Å². The standard InChI is InChI=1S/C23H36N4O4/c1-17-14-27(15-18(2)31-17)21-6-4-3-5-20(21)25-23(28)24-13-22(19-7-10-30-16-19)26-8-11-29-12-9-26/h3-6,17-19,22H,7-16H2,1-2H3,(H2,24,25,28)/t17-,18+,19-,22-/m1/s1. The average molecular weight is 433 g/mol. The van der Waals surface area contributed by atoms with Crippen LogP contribution in [0.1, 0.15) is 20.3 Å². The van der Waals surface area contributed by atoms with Crippen LogP contribution >= 0.6 is 0 Å². The van der Waals surface area contributed by atoms with Crippen molar-refractivity contribution in [1.82, 2.24) is 10.2 Å². The van der Waals surface area contributed by atoms with Crippen molar-refractivity contribution in [3.8, 4) is 0 Å². The molecule has 8 heteroatoms. The number of amides is 2. The molecule has 4 rings (SSSR count). The normalized spacial score (nSPS) is 28.3. The molecule has 0 saturated carbocycles. The first-order chi connectivity index (χ1) is 15.1. The predicted molar refractivity (Wildman–Crippen MR) is 121 cm³/mol. The molecule has 3 aliphatic rings. The van der Waals surface area contributed by atoms with Crippen molar-refractivity contribution < 1.29 is 19.0 Å². The molecular weight excluding hydrogens is 396 g/mol. The molecule has 0 spiro atoms. The maximum absolute atomic E-state index is 12.8. The van der Waals surface area contributed by atoms with Gasteiger partial charge in [-0.1, -0.05) is 12.1 Å². The fourth-order valence-electron chi connectivity index (χ4n) is 4.95. The van der Waals surface area contributed by atoms with Gasteiger partial charge in [-0.05, 0) is 32.4 Å².